The number of H-pyrrole nitrogens is 1. The molecule has 0 aliphatic carbocycles. The lowest BCUT2D eigenvalue weighted by molar-refractivity contribution is 0.214. The van der Waals surface area contributed by atoms with Gasteiger partial charge in [0.1, 0.15) is 5.01 Å². The molecule has 4 heterocycles. The van der Waals surface area contributed by atoms with Crippen LogP contribution in [0.3, 0.4) is 0 Å². The van der Waals surface area contributed by atoms with E-state index in [2.05, 4.69) is 54.1 Å². The van der Waals surface area contributed by atoms with E-state index in [0.29, 0.717) is 11.8 Å². The minimum Gasteiger partial charge on any atom is -0.303 e. The Hall–Kier alpha value is -2.05. The largest absolute Gasteiger partial charge is 0.303 e. The highest BCUT2D eigenvalue weighted by Crippen LogP contribution is 2.40. The van der Waals surface area contributed by atoms with Crippen molar-refractivity contribution < 1.29 is 0 Å². The topological polar surface area (TPSA) is 57.7 Å². The Kier molecular flexibility index (Phi) is 6.34. The molecule has 3 aromatic rings. The molecule has 1 aliphatic rings. The highest BCUT2D eigenvalue weighted by atomic mass is 32.1. The number of hydrogen-bond acceptors (Lipinski definition) is 5. The lowest BCUT2D eigenvalue weighted by atomic mass is 9.96. The van der Waals surface area contributed by atoms with Crippen molar-refractivity contribution in [2.24, 2.45) is 0 Å². The number of aromatic nitrogens is 4. The molecule has 5 nitrogen and oxygen atoms in total. The molecule has 0 unspecified atom stereocenters. The average Bonchev–Trinajstić information content (AvgIpc) is 3.35. The van der Waals surface area contributed by atoms with Gasteiger partial charge in [0, 0.05) is 33.6 Å². The molecule has 0 amide bonds. The van der Waals surface area contributed by atoms with E-state index in [9.17, 15) is 0 Å². The molecule has 0 aromatic carbocycles. The second kappa shape index (κ2) is 8.98. The number of likely N-dealkylation sites (tertiary alicyclic amines) is 1. The summed E-state index contributed by atoms with van der Waals surface area (Å²) in [5, 5.41) is 9.11. The summed E-state index contributed by atoms with van der Waals surface area (Å²) in [7, 11) is 0. The Labute approximate surface area is 184 Å². The van der Waals surface area contributed by atoms with Crippen LogP contribution in [-0.4, -0.2) is 44.7 Å². The second-order valence-electron chi connectivity index (χ2n) is 8.84. The lowest BCUT2D eigenvalue weighted by Gasteiger charge is -2.30. The van der Waals surface area contributed by atoms with Gasteiger partial charge in [-0.05, 0) is 76.7 Å². The van der Waals surface area contributed by atoms with E-state index >= 15 is 0 Å². The number of nitrogens with one attached hydrogen (secondary N) is 1. The predicted octanol–water partition coefficient (Wildman–Crippen LogP) is 5.92. The van der Waals surface area contributed by atoms with Crippen LogP contribution in [0.15, 0.2) is 18.3 Å². The van der Waals surface area contributed by atoms with Crippen LogP contribution in [0.5, 0.6) is 0 Å². The van der Waals surface area contributed by atoms with Gasteiger partial charge < -0.3 is 4.90 Å². The normalized spacial score (nSPS) is 15.9. The molecule has 30 heavy (non-hydrogen) atoms. The molecular weight excluding hydrogens is 390 g/mol. The van der Waals surface area contributed by atoms with Crippen molar-refractivity contribution in [2.75, 3.05) is 19.6 Å². The summed E-state index contributed by atoms with van der Waals surface area (Å²) in [6.07, 6.45) is 5.82. The SMILES string of the molecule is CCCN1CCC(c2cnc(-c3[nH]nc(-c4cc(C)nc(C)c4)c3C(C)C)s2)CC1. The molecule has 1 aliphatic heterocycles. The molecule has 160 valence electrons. The van der Waals surface area contributed by atoms with Gasteiger partial charge in [-0.2, -0.15) is 5.10 Å². The minimum absolute atomic E-state index is 0.354. The Balaban J connectivity index is 1.62. The summed E-state index contributed by atoms with van der Waals surface area (Å²) in [5.74, 6) is 0.993. The Bertz CT molecular complexity index is 975. The molecule has 0 radical (unpaired) electrons. The van der Waals surface area contributed by atoms with Gasteiger partial charge >= 0.3 is 0 Å². The lowest BCUT2D eigenvalue weighted by Crippen LogP contribution is -2.33. The maximum atomic E-state index is 4.82. The van der Waals surface area contributed by atoms with Crippen LogP contribution < -0.4 is 0 Å². The third-order valence-electron chi connectivity index (χ3n) is 6.00. The van der Waals surface area contributed by atoms with Crippen molar-refractivity contribution in [1.82, 2.24) is 25.1 Å². The van der Waals surface area contributed by atoms with Crippen LogP contribution in [0.2, 0.25) is 0 Å². The van der Waals surface area contributed by atoms with E-state index < -0.39 is 0 Å². The standard InChI is InChI=1S/C24H33N5S/c1-6-9-29-10-7-18(8-11-29)20-14-25-24(30-20)23-21(15(2)3)22(27-28-23)19-12-16(4)26-17(5)13-19/h12-15,18H,6-11H2,1-5H3,(H,27,28). The maximum Gasteiger partial charge on any atom is 0.141 e. The first-order valence-electron chi connectivity index (χ1n) is 11.2. The molecule has 1 N–H and O–H groups in total. The molecule has 3 aromatic heterocycles. The molecule has 1 fully saturated rings. The minimum atomic E-state index is 0.354. The van der Waals surface area contributed by atoms with Crippen molar-refractivity contribution in [3.05, 3.63) is 40.2 Å². The van der Waals surface area contributed by atoms with Gasteiger partial charge in [0.15, 0.2) is 0 Å². The Morgan fingerprint density at radius 3 is 2.50 bits per heavy atom. The Morgan fingerprint density at radius 2 is 1.87 bits per heavy atom. The van der Waals surface area contributed by atoms with Crippen molar-refractivity contribution >= 4 is 11.3 Å². The zero-order valence-corrected chi connectivity index (χ0v) is 19.6. The number of nitrogens with zero attached hydrogens (tertiary/aromatic N) is 4. The van der Waals surface area contributed by atoms with Gasteiger partial charge in [0.05, 0.1) is 11.4 Å². The van der Waals surface area contributed by atoms with Crippen molar-refractivity contribution in [3.63, 3.8) is 0 Å². The van der Waals surface area contributed by atoms with E-state index in [1.165, 1.54) is 49.3 Å². The fourth-order valence-electron chi connectivity index (χ4n) is 4.62. The van der Waals surface area contributed by atoms with Crippen LogP contribution in [-0.2, 0) is 0 Å². The summed E-state index contributed by atoms with van der Waals surface area (Å²) in [4.78, 5) is 13.4. The zero-order chi connectivity index (χ0) is 21.3. The quantitative estimate of drug-likeness (QED) is 0.534. The van der Waals surface area contributed by atoms with E-state index in [1.807, 2.05) is 25.2 Å². The van der Waals surface area contributed by atoms with Crippen LogP contribution in [0, 0.1) is 13.8 Å². The molecular formula is C24H33N5S. The number of pyridine rings is 1. The molecule has 4 rings (SSSR count). The van der Waals surface area contributed by atoms with E-state index in [1.54, 1.807) is 0 Å². The Morgan fingerprint density at radius 1 is 1.17 bits per heavy atom. The van der Waals surface area contributed by atoms with Gasteiger partial charge in [0.2, 0.25) is 0 Å². The number of aromatic amines is 1. The van der Waals surface area contributed by atoms with Crippen molar-refractivity contribution in [1.29, 1.82) is 0 Å². The number of aryl methyl sites for hydroxylation is 2. The molecule has 0 bridgehead atoms. The third-order valence-corrected chi connectivity index (χ3v) is 7.18. The number of rotatable bonds is 6. The van der Waals surface area contributed by atoms with Crippen molar-refractivity contribution in [2.45, 2.75) is 65.7 Å². The van der Waals surface area contributed by atoms with Gasteiger partial charge in [-0.15, -0.1) is 11.3 Å². The molecule has 0 spiro atoms. The monoisotopic (exact) mass is 423 g/mol. The summed E-state index contributed by atoms with van der Waals surface area (Å²) in [5.41, 5.74) is 6.53. The fraction of sp³-hybridized carbons (Fsp3) is 0.542. The number of thiazole rings is 1. The van der Waals surface area contributed by atoms with Crippen LogP contribution in [0.4, 0.5) is 0 Å². The second-order valence-corrected chi connectivity index (χ2v) is 9.90. The first-order valence-corrected chi connectivity index (χ1v) is 12.0. The first kappa shape index (κ1) is 21.2. The van der Waals surface area contributed by atoms with E-state index in [-0.39, 0.29) is 0 Å². The molecule has 0 atom stereocenters. The number of hydrogen-bond donors (Lipinski definition) is 1. The fourth-order valence-corrected chi connectivity index (χ4v) is 5.71. The summed E-state index contributed by atoms with van der Waals surface area (Å²) in [6.45, 7) is 14.4. The van der Waals surface area contributed by atoms with E-state index in [4.69, 9.17) is 10.1 Å². The summed E-state index contributed by atoms with van der Waals surface area (Å²) in [6, 6.07) is 4.24. The predicted molar refractivity (Wildman–Crippen MR) is 125 cm³/mol. The van der Waals surface area contributed by atoms with Gasteiger partial charge in [-0.3, -0.25) is 10.1 Å². The molecule has 1 saturated heterocycles. The number of piperidine rings is 1. The maximum absolute atomic E-state index is 4.82. The van der Waals surface area contributed by atoms with E-state index in [0.717, 1.165) is 33.3 Å². The van der Waals surface area contributed by atoms with Crippen LogP contribution in [0.25, 0.3) is 22.0 Å². The van der Waals surface area contributed by atoms with Gasteiger partial charge in [0.25, 0.3) is 0 Å². The highest BCUT2D eigenvalue weighted by molar-refractivity contribution is 7.15. The highest BCUT2D eigenvalue weighted by Gasteiger charge is 2.25. The summed E-state index contributed by atoms with van der Waals surface area (Å²) >= 11 is 1.84. The zero-order valence-electron chi connectivity index (χ0n) is 18.8. The first-order chi connectivity index (χ1) is 14.5. The smallest absolute Gasteiger partial charge is 0.141 e. The van der Waals surface area contributed by atoms with Crippen LogP contribution >= 0.6 is 11.3 Å². The average molecular weight is 424 g/mol. The van der Waals surface area contributed by atoms with Crippen molar-refractivity contribution in [3.8, 4) is 22.0 Å². The van der Waals surface area contributed by atoms with Gasteiger partial charge in [-0.1, -0.05) is 20.8 Å². The molecule has 6 heteroatoms. The van der Waals surface area contributed by atoms with Gasteiger partial charge in [-0.25, -0.2) is 4.98 Å². The molecule has 0 saturated carbocycles. The summed E-state index contributed by atoms with van der Waals surface area (Å²) < 4.78 is 0. The third kappa shape index (κ3) is 4.35. The van der Waals surface area contributed by atoms with Crippen LogP contribution in [0.1, 0.15) is 73.7 Å².